The highest BCUT2D eigenvalue weighted by Crippen LogP contribution is 2.21. The fraction of sp³-hybridized carbons (Fsp3) is 0.167. The van der Waals surface area contributed by atoms with E-state index in [-0.39, 0.29) is 11.9 Å². The number of hydrogen-bond acceptors (Lipinski definition) is 4. The summed E-state index contributed by atoms with van der Waals surface area (Å²) >= 11 is 1.42. The molecule has 1 amide bonds. The lowest BCUT2D eigenvalue weighted by Crippen LogP contribution is -2.32. The van der Waals surface area contributed by atoms with Gasteiger partial charge in [0, 0.05) is 25.6 Å². The highest BCUT2D eigenvalue weighted by atomic mass is 32.2. The molecule has 1 atom stereocenters. The zero-order valence-electron chi connectivity index (χ0n) is 13.3. The van der Waals surface area contributed by atoms with E-state index >= 15 is 0 Å². The lowest BCUT2D eigenvalue weighted by atomic mass is 10.1. The molecule has 0 aliphatic carbocycles. The van der Waals surface area contributed by atoms with E-state index in [4.69, 9.17) is 0 Å². The number of amides is 1. The third kappa shape index (κ3) is 4.02. The van der Waals surface area contributed by atoms with E-state index in [1.54, 1.807) is 12.4 Å². The van der Waals surface area contributed by atoms with Crippen LogP contribution < -0.4 is 5.32 Å². The van der Waals surface area contributed by atoms with Crippen LogP contribution in [-0.4, -0.2) is 26.2 Å². The highest BCUT2D eigenvalue weighted by Gasteiger charge is 2.20. The van der Waals surface area contributed by atoms with Gasteiger partial charge in [0.2, 0.25) is 5.91 Å². The summed E-state index contributed by atoms with van der Waals surface area (Å²) in [6, 6.07) is 15.2. The molecule has 0 aliphatic heterocycles. The smallest absolute Gasteiger partial charge is 0.231 e. The number of rotatable bonds is 6. The van der Waals surface area contributed by atoms with Crippen molar-refractivity contribution in [1.29, 1.82) is 0 Å². The molecule has 3 aromatic rings. The standard InChI is InChI=1S/C18H18N4OS/c1-22-12-11-20-18(22)17(14-7-3-2-4-8-14)21-15(23)13-24-16-9-5-6-10-19-16/h2-12,17H,13H2,1H3,(H,21,23)/t17-/m0/s1. The number of carbonyl (C=O) groups excluding carboxylic acids is 1. The summed E-state index contributed by atoms with van der Waals surface area (Å²) in [5.41, 5.74) is 1.00. The van der Waals surface area contributed by atoms with Crippen LogP contribution in [0.3, 0.4) is 0 Å². The number of aromatic nitrogens is 3. The first-order valence-corrected chi connectivity index (χ1v) is 8.58. The second kappa shape index (κ2) is 7.79. The van der Waals surface area contributed by atoms with Gasteiger partial charge in [0.25, 0.3) is 0 Å². The van der Waals surface area contributed by atoms with Crippen molar-refractivity contribution in [3.05, 3.63) is 78.5 Å². The van der Waals surface area contributed by atoms with Gasteiger partial charge in [0.05, 0.1) is 10.8 Å². The van der Waals surface area contributed by atoms with Gasteiger partial charge in [-0.1, -0.05) is 48.2 Å². The van der Waals surface area contributed by atoms with Crippen molar-refractivity contribution in [2.75, 3.05) is 5.75 Å². The van der Waals surface area contributed by atoms with Crippen LogP contribution in [0.5, 0.6) is 0 Å². The van der Waals surface area contributed by atoms with E-state index in [1.807, 2.05) is 66.3 Å². The Balaban J connectivity index is 1.72. The fourth-order valence-electron chi connectivity index (χ4n) is 2.37. The summed E-state index contributed by atoms with van der Waals surface area (Å²) in [6.45, 7) is 0. The largest absolute Gasteiger partial charge is 0.341 e. The molecule has 0 saturated carbocycles. The monoisotopic (exact) mass is 338 g/mol. The van der Waals surface area contributed by atoms with Gasteiger partial charge >= 0.3 is 0 Å². The van der Waals surface area contributed by atoms with Crippen LogP contribution in [0.25, 0.3) is 0 Å². The van der Waals surface area contributed by atoms with Gasteiger partial charge in [-0.05, 0) is 17.7 Å². The predicted octanol–water partition coefficient (Wildman–Crippen LogP) is 2.81. The maximum Gasteiger partial charge on any atom is 0.231 e. The van der Waals surface area contributed by atoms with Crippen LogP contribution in [0, 0.1) is 0 Å². The number of benzene rings is 1. The van der Waals surface area contributed by atoms with E-state index in [0.29, 0.717) is 5.75 Å². The molecule has 1 N–H and O–H groups in total. The van der Waals surface area contributed by atoms with Crippen molar-refractivity contribution in [3.8, 4) is 0 Å². The molecule has 0 radical (unpaired) electrons. The Labute approximate surface area is 145 Å². The quantitative estimate of drug-likeness (QED) is 0.702. The number of imidazole rings is 1. The Morgan fingerprint density at radius 3 is 2.58 bits per heavy atom. The summed E-state index contributed by atoms with van der Waals surface area (Å²) < 4.78 is 1.92. The minimum Gasteiger partial charge on any atom is -0.341 e. The molecule has 1 aromatic carbocycles. The Morgan fingerprint density at radius 1 is 1.12 bits per heavy atom. The molecule has 0 saturated heterocycles. The van der Waals surface area contributed by atoms with E-state index in [0.717, 1.165) is 16.4 Å². The summed E-state index contributed by atoms with van der Waals surface area (Å²) in [5.74, 6) is 1.06. The van der Waals surface area contributed by atoms with Gasteiger partial charge in [0.1, 0.15) is 11.9 Å². The van der Waals surface area contributed by atoms with E-state index in [2.05, 4.69) is 15.3 Å². The van der Waals surface area contributed by atoms with Crippen molar-refractivity contribution in [2.24, 2.45) is 7.05 Å². The minimum atomic E-state index is -0.275. The highest BCUT2D eigenvalue weighted by molar-refractivity contribution is 7.99. The van der Waals surface area contributed by atoms with Crippen LogP contribution >= 0.6 is 11.8 Å². The van der Waals surface area contributed by atoms with E-state index in [1.165, 1.54) is 11.8 Å². The number of nitrogens with one attached hydrogen (secondary N) is 1. The second-order valence-electron chi connectivity index (χ2n) is 5.26. The van der Waals surface area contributed by atoms with Crippen LogP contribution in [0.2, 0.25) is 0 Å². The molecule has 6 heteroatoms. The molecule has 0 fully saturated rings. The first kappa shape index (κ1) is 16.3. The van der Waals surface area contributed by atoms with Crippen LogP contribution in [-0.2, 0) is 11.8 Å². The Morgan fingerprint density at radius 2 is 1.92 bits per heavy atom. The molecule has 5 nitrogen and oxygen atoms in total. The average Bonchev–Trinajstić information content (AvgIpc) is 3.05. The SMILES string of the molecule is Cn1ccnc1[C@@H](NC(=O)CSc1ccccn1)c1ccccc1. The molecule has 24 heavy (non-hydrogen) atoms. The van der Waals surface area contributed by atoms with Gasteiger partial charge in [-0.2, -0.15) is 0 Å². The lowest BCUT2D eigenvalue weighted by Gasteiger charge is -2.19. The molecule has 0 bridgehead atoms. The Kier molecular flexibility index (Phi) is 5.28. The molecule has 2 heterocycles. The van der Waals surface area contributed by atoms with Crippen molar-refractivity contribution in [2.45, 2.75) is 11.1 Å². The van der Waals surface area contributed by atoms with Gasteiger partial charge in [-0.3, -0.25) is 4.79 Å². The van der Waals surface area contributed by atoms with Gasteiger partial charge in [-0.15, -0.1) is 0 Å². The van der Waals surface area contributed by atoms with Crippen molar-refractivity contribution >= 4 is 17.7 Å². The number of thioether (sulfide) groups is 1. The third-order valence-corrected chi connectivity index (χ3v) is 4.49. The molecule has 122 valence electrons. The molecule has 3 rings (SSSR count). The third-order valence-electron chi connectivity index (χ3n) is 3.54. The normalized spacial score (nSPS) is 11.9. The second-order valence-corrected chi connectivity index (χ2v) is 6.26. The first-order valence-electron chi connectivity index (χ1n) is 7.59. The summed E-state index contributed by atoms with van der Waals surface area (Å²) in [5, 5.41) is 3.91. The Bertz CT molecular complexity index is 789. The van der Waals surface area contributed by atoms with Crippen molar-refractivity contribution in [3.63, 3.8) is 0 Å². The zero-order valence-corrected chi connectivity index (χ0v) is 14.1. The average molecular weight is 338 g/mol. The zero-order chi connectivity index (χ0) is 16.8. The minimum absolute atomic E-state index is 0.0532. The van der Waals surface area contributed by atoms with Crippen LogP contribution in [0.4, 0.5) is 0 Å². The summed E-state index contributed by atoms with van der Waals surface area (Å²) in [6.07, 6.45) is 5.33. The maximum absolute atomic E-state index is 12.4. The topological polar surface area (TPSA) is 59.8 Å². The number of nitrogens with zero attached hydrogens (tertiary/aromatic N) is 3. The first-order chi connectivity index (χ1) is 11.7. The van der Waals surface area contributed by atoms with Crippen molar-refractivity contribution < 1.29 is 4.79 Å². The number of carbonyl (C=O) groups is 1. The Hall–Kier alpha value is -2.60. The van der Waals surface area contributed by atoms with Crippen LogP contribution in [0.15, 0.2) is 72.1 Å². The molecule has 0 unspecified atom stereocenters. The lowest BCUT2D eigenvalue weighted by molar-refractivity contribution is -0.119. The summed E-state index contributed by atoms with van der Waals surface area (Å²) in [7, 11) is 1.92. The van der Waals surface area contributed by atoms with Gasteiger partial charge in [0.15, 0.2) is 0 Å². The van der Waals surface area contributed by atoms with Gasteiger partial charge in [-0.25, -0.2) is 9.97 Å². The number of aryl methyl sites for hydroxylation is 1. The molecule has 0 spiro atoms. The summed E-state index contributed by atoms with van der Waals surface area (Å²) in [4.78, 5) is 21.0. The number of pyridine rings is 1. The molecular formula is C18H18N4OS. The predicted molar refractivity (Wildman–Crippen MR) is 94.6 cm³/mol. The van der Waals surface area contributed by atoms with Crippen molar-refractivity contribution in [1.82, 2.24) is 19.9 Å². The van der Waals surface area contributed by atoms with E-state index < -0.39 is 0 Å². The fourth-order valence-corrected chi connectivity index (χ4v) is 3.04. The van der Waals surface area contributed by atoms with Crippen LogP contribution in [0.1, 0.15) is 17.4 Å². The molecule has 2 aromatic heterocycles. The molecular weight excluding hydrogens is 320 g/mol. The van der Waals surface area contributed by atoms with Gasteiger partial charge < -0.3 is 9.88 Å². The maximum atomic E-state index is 12.4. The number of hydrogen-bond donors (Lipinski definition) is 1. The molecule has 0 aliphatic rings. The van der Waals surface area contributed by atoms with E-state index in [9.17, 15) is 4.79 Å².